The Balaban J connectivity index is 1.55. The number of carbonyl (C=O) groups is 3. The topological polar surface area (TPSA) is 114 Å². The molecule has 2 aromatic carbocycles. The maximum absolute atomic E-state index is 13.1. The predicted octanol–water partition coefficient (Wildman–Crippen LogP) is 3.45. The Morgan fingerprint density at radius 1 is 1.03 bits per heavy atom. The molecule has 2 aromatic rings. The van der Waals surface area contributed by atoms with Gasteiger partial charge in [0.1, 0.15) is 12.6 Å². The lowest BCUT2D eigenvalue weighted by atomic mass is 9.98. The van der Waals surface area contributed by atoms with Crippen LogP contribution >= 0.6 is 0 Å². The zero-order valence-electron chi connectivity index (χ0n) is 18.8. The number of fused-ring (bicyclic) bond motifs is 3. The second-order valence-corrected chi connectivity index (χ2v) is 7.97. The standard InChI is InChI=1S/C24H25F3N2O6/c1-34-19(22(32)29-20(24(25,26)27)10-11-21(30)31)12-28-23(33)35-13-18-16-8-4-2-6-14(16)15-7-3-5-9-17(15)18/h2-9,18-20H,10-13H2,1H3,(H,28,33)(H,29,32)(H,30,31)/t19?,20-/m0/s1. The Hall–Kier alpha value is -3.60. The Morgan fingerprint density at radius 3 is 2.11 bits per heavy atom. The number of halogens is 3. The van der Waals surface area contributed by atoms with Crippen LogP contribution in [0.25, 0.3) is 11.1 Å². The van der Waals surface area contributed by atoms with E-state index in [0.717, 1.165) is 29.4 Å². The van der Waals surface area contributed by atoms with Crippen molar-refractivity contribution in [2.75, 3.05) is 20.3 Å². The van der Waals surface area contributed by atoms with Crippen LogP contribution in [0.4, 0.5) is 18.0 Å². The number of carbonyl (C=O) groups excluding carboxylic acids is 2. The van der Waals surface area contributed by atoms with E-state index < -0.39 is 55.7 Å². The summed E-state index contributed by atoms with van der Waals surface area (Å²) in [7, 11) is 1.10. The Kier molecular flexibility index (Phi) is 8.34. The monoisotopic (exact) mass is 494 g/mol. The van der Waals surface area contributed by atoms with E-state index in [2.05, 4.69) is 5.32 Å². The van der Waals surface area contributed by atoms with Gasteiger partial charge in [-0.05, 0) is 28.7 Å². The first-order valence-electron chi connectivity index (χ1n) is 10.8. The van der Waals surface area contributed by atoms with Gasteiger partial charge in [-0.15, -0.1) is 0 Å². The van der Waals surface area contributed by atoms with Crippen LogP contribution in [-0.4, -0.2) is 61.7 Å². The van der Waals surface area contributed by atoms with E-state index in [1.165, 1.54) is 0 Å². The van der Waals surface area contributed by atoms with Gasteiger partial charge in [-0.25, -0.2) is 4.79 Å². The summed E-state index contributed by atoms with van der Waals surface area (Å²) < 4.78 is 49.6. The Bertz CT molecular complexity index is 1030. The molecule has 0 radical (unpaired) electrons. The number of alkyl halides is 3. The van der Waals surface area contributed by atoms with E-state index >= 15 is 0 Å². The van der Waals surface area contributed by atoms with Crippen LogP contribution in [0.5, 0.6) is 0 Å². The lowest BCUT2D eigenvalue weighted by Crippen LogP contribution is -2.52. The smallest absolute Gasteiger partial charge is 0.408 e. The van der Waals surface area contributed by atoms with Crippen molar-refractivity contribution >= 4 is 18.0 Å². The number of hydrogen-bond acceptors (Lipinski definition) is 5. The number of ether oxygens (including phenoxy) is 2. The first-order chi connectivity index (χ1) is 16.6. The number of alkyl carbamates (subject to hydrolysis) is 1. The van der Waals surface area contributed by atoms with Gasteiger partial charge in [0.15, 0.2) is 6.10 Å². The van der Waals surface area contributed by atoms with E-state index in [1.54, 1.807) is 5.32 Å². The molecule has 0 spiro atoms. The fourth-order valence-electron chi connectivity index (χ4n) is 3.96. The summed E-state index contributed by atoms with van der Waals surface area (Å²) >= 11 is 0. The summed E-state index contributed by atoms with van der Waals surface area (Å²) in [6.07, 6.45) is -8.75. The van der Waals surface area contributed by atoms with Gasteiger partial charge in [0.25, 0.3) is 5.91 Å². The maximum Gasteiger partial charge on any atom is 0.408 e. The van der Waals surface area contributed by atoms with E-state index in [4.69, 9.17) is 14.6 Å². The number of amides is 2. The molecule has 11 heteroatoms. The van der Waals surface area contributed by atoms with Gasteiger partial charge < -0.3 is 25.2 Å². The summed E-state index contributed by atoms with van der Waals surface area (Å²) in [5, 5.41) is 12.7. The second kappa shape index (κ2) is 11.2. The zero-order chi connectivity index (χ0) is 25.6. The van der Waals surface area contributed by atoms with E-state index in [9.17, 15) is 27.6 Å². The number of methoxy groups -OCH3 is 1. The molecule has 0 aromatic heterocycles. The highest BCUT2D eigenvalue weighted by atomic mass is 19.4. The van der Waals surface area contributed by atoms with Crippen molar-refractivity contribution in [2.24, 2.45) is 0 Å². The van der Waals surface area contributed by atoms with Crippen LogP contribution in [0.15, 0.2) is 48.5 Å². The minimum atomic E-state index is -4.84. The number of hydrogen-bond donors (Lipinski definition) is 3. The Labute approximate surface area is 199 Å². The minimum Gasteiger partial charge on any atom is -0.481 e. The van der Waals surface area contributed by atoms with Gasteiger partial charge in [-0.1, -0.05) is 48.5 Å². The molecule has 0 saturated heterocycles. The van der Waals surface area contributed by atoms with Crippen LogP contribution in [0.2, 0.25) is 0 Å². The molecule has 8 nitrogen and oxygen atoms in total. The molecule has 1 unspecified atom stereocenters. The molecule has 0 bridgehead atoms. The number of aliphatic carboxylic acids is 1. The molecule has 0 aliphatic heterocycles. The lowest BCUT2D eigenvalue weighted by molar-refractivity contribution is -0.167. The third-order valence-electron chi connectivity index (χ3n) is 5.71. The lowest BCUT2D eigenvalue weighted by Gasteiger charge is -2.24. The third-order valence-corrected chi connectivity index (χ3v) is 5.71. The average Bonchev–Trinajstić information content (AvgIpc) is 3.13. The van der Waals surface area contributed by atoms with Crippen LogP contribution in [-0.2, 0) is 19.1 Å². The predicted molar refractivity (Wildman–Crippen MR) is 119 cm³/mol. The summed E-state index contributed by atoms with van der Waals surface area (Å²) in [4.78, 5) is 35.1. The van der Waals surface area contributed by atoms with Crippen molar-refractivity contribution in [1.82, 2.24) is 10.6 Å². The third kappa shape index (κ3) is 6.50. The molecule has 2 amide bonds. The van der Waals surface area contributed by atoms with Crippen molar-refractivity contribution in [3.63, 3.8) is 0 Å². The summed E-state index contributed by atoms with van der Waals surface area (Å²) in [6, 6.07) is 13.1. The van der Waals surface area contributed by atoms with Gasteiger partial charge in [0.2, 0.25) is 0 Å². The van der Waals surface area contributed by atoms with Crippen molar-refractivity contribution in [3.05, 3.63) is 59.7 Å². The quantitative estimate of drug-likeness (QED) is 0.466. The zero-order valence-corrected chi connectivity index (χ0v) is 18.8. The summed E-state index contributed by atoms with van der Waals surface area (Å²) in [6.45, 7) is -0.419. The highest BCUT2D eigenvalue weighted by Gasteiger charge is 2.41. The minimum absolute atomic E-state index is 0.0229. The normalized spacial score (nSPS) is 14.4. The number of benzene rings is 2. The van der Waals surface area contributed by atoms with E-state index in [-0.39, 0.29) is 12.5 Å². The van der Waals surface area contributed by atoms with Crippen LogP contribution in [0.3, 0.4) is 0 Å². The molecule has 0 heterocycles. The largest absolute Gasteiger partial charge is 0.481 e. The fourth-order valence-corrected chi connectivity index (χ4v) is 3.96. The molecule has 2 atom stereocenters. The summed E-state index contributed by atoms with van der Waals surface area (Å²) in [5.41, 5.74) is 4.12. The number of nitrogens with one attached hydrogen (secondary N) is 2. The van der Waals surface area contributed by atoms with Crippen LogP contribution in [0, 0.1) is 0 Å². The van der Waals surface area contributed by atoms with Crippen LogP contribution in [0.1, 0.15) is 29.9 Å². The molecule has 188 valence electrons. The van der Waals surface area contributed by atoms with E-state index in [1.807, 2.05) is 48.5 Å². The molecule has 0 fully saturated rings. The van der Waals surface area contributed by atoms with Gasteiger partial charge >= 0.3 is 18.2 Å². The highest BCUT2D eigenvalue weighted by Crippen LogP contribution is 2.44. The van der Waals surface area contributed by atoms with Crippen molar-refractivity contribution in [2.45, 2.75) is 37.1 Å². The first kappa shape index (κ1) is 26.0. The van der Waals surface area contributed by atoms with Gasteiger partial charge in [-0.2, -0.15) is 13.2 Å². The first-order valence-corrected chi connectivity index (χ1v) is 10.8. The molecule has 1 aliphatic carbocycles. The van der Waals surface area contributed by atoms with Gasteiger partial charge in [0.05, 0.1) is 6.54 Å². The van der Waals surface area contributed by atoms with Gasteiger partial charge in [0, 0.05) is 19.4 Å². The molecule has 3 rings (SSSR count). The van der Waals surface area contributed by atoms with E-state index in [0.29, 0.717) is 0 Å². The van der Waals surface area contributed by atoms with Crippen molar-refractivity contribution in [1.29, 1.82) is 0 Å². The average molecular weight is 494 g/mol. The van der Waals surface area contributed by atoms with Gasteiger partial charge in [-0.3, -0.25) is 9.59 Å². The molecule has 0 saturated carbocycles. The maximum atomic E-state index is 13.1. The molecule has 35 heavy (non-hydrogen) atoms. The summed E-state index contributed by atoms with van der Waals surface area (Å²) in [5.74, 6) is -2.75. The number of rotatable bonds is 10. The SMILES string of the molecule is COC(CNC(=O)OCC1c2ccccc2-c2ccccc21)C(=O)N[C@@H](CCC(=O)O)C(F)(F)F. The number of carboxylic acid groups (broad SMARTS) is 1. The number of carboxylic acids is 1. The molecular formula is C24H25F3N2O6. The fraction of sp³-hybridized carbons (Fsp3) is 0.375. The highest BCUT2D eigenvalue weighted by molar-refractivity contribution is 5.82. The van der Waals surface area contributed by atoms with Crippen LogP contribution < -0.4 is 10.6 Å². The Morgan fingerprint density at radius 2 is 1.60 bits per heavy atom. The molecular weight excluding hydrogens is 469 g/mol. The van der Waals surface area contributed by atoms with Crippen molar-refractivity contribution < 1.29 is 42.1 Å². The molecule has 3 N–H and O–H groups in total. The van der Waals surface area contributed by atoms with Crippen molar-refractivity contribution in [3.8, 4) is 11.1 Å². The second-order valence-electron chi connectivity index (χ2n) is 7.97. The molecule has 1 aliphatic rings.